The Balaban J connectivity index is 1.96. The summed E-state index contributed by atoms with van der Waals surface area (Å²) in [6.45, 7) is 0. The van der Waals surface area contributed by atoms with E-state index < -0.39 is 6.16 Å². The molecule has 0 aromatic heterocycles. The molecule has 0 amide bonds. The molecule has 4 aromatic carbocycles. The molecule has 0 spiro atoms. The molecule has 0 saturated heterocycles. The van der Waals surface area contributed by atoms with Crippen LogP contribution in [-0.4, -0.2) is 11.3 Å². The predicted octanol–water partition coefficient (Wildman–Crippen LogP) is 6.23. The number of hydrogen-bond donors (Lipinski definition) is 1. The lowest BCUT2D eigenvalue weighted by molar-refractivity contribution is 0.144. The lowest BCUT2D eigenvalue weighted by Crippen LogP contribution is -2.04. The van der Waals surface area contributed by atoms with Crippen LogP contribution in [0.1, 0.15) is 0 Å². The third kappa shape index (κ3) is 2.91. The molecule has 0 saturated carbocycles. The van der Waals surface area contributed by atoms with Crippen LogP contribution in [0.5, 0.6) is 5.75 Å². The quantitative estimate of drug-likeness (QED) is 0.355. The highest BCUT2D eigenvalue weighted by atomic mass is 16.7. The zero-order valence-corrected chi connectivity index (χ0v) is 13.9. The summed E-state index contributed by atoms with van der Waals surface area (Å²) in [4.78, 5) is 11.1. The van der Waals surface area contributed by atoms with Crippen LogP contribution < -0.4 is 4.74 Å². The molecule has 0 fully saturated rings. The van der Waals surface area contributed by atoms with E-state index in [2.05, 4.69) is 30.3 Å². The van der Waals surface area contributed by atoms with Crippen molar-refractivity contribution in [3.05, 3.63) is 91.0 Å². The monoisotopic (exact) mass is 340 g/mol. The van der Waals surface area contributed by atoms with Crippen LogP contribution in [0.4, 0.5) is 4.79 Å². The average molecular weight is 340 g/mol. The maximum Gasteiger partial charge on any atom is 0.511 e. The number of benzene rings is 4. The van der Waals surface area contributed by atoms with E-state index in [1.807, 2.05) is 48.5 Å². The number of hydrogen-bond acceptors (Lipinski definition) is 2. The number of para-hydroxylation sites is 1. The lowest BCUT2D eigenvalue weighted by Gasteiger charge is -2.14. The van der Waals surface area contributed by atoms with Crippen molar-refractivity contribution in [2.75, 3.05) is 0 Å². The van der Waals surface area contributed by atoms with Crippen molar-refractivity contribution in [2.45, 2.75) is 0 Å². The molecule has 0 atom stereocenters. The molecule has 0 radical (unpaired) electrons. The Bertz CT molecular complexity index is 1090. The fourth-order valence-corrected chi connectivity index (χ4v) is 3.29. The third-order valence-electron chi connectivity index (χ3n) is 4.38. The molecule has 0 heterocycles. The van der Waals surface area contributed by atoms with Crippen molar-refractivity contribution in [1.29, 1.82) is 0 Å². The molecule has 4 aromatic rings. The first-order chi connectivity index (χ1) is 12.7. The lowest BCUT2D eigenvalue weighted by atomic mass is 9.91. The van der Waals surface area contributed by atoms with Crippen LogP contribution >= 0.6 is 0 Å². The van der Waals surface area contributed by atoms with E-state index in [1.54, 1.807) is 12.1 Å². The SMILES string of the molecule is O=C(O)Oc1ccccc1-c1ccccc1-c1cccc2ccccc12. The van der Waals surface area contributed by atoms with Gasteiger partial charge >= 0.3 is 6.16 Å². The maximum absolute atomic E-state index is 11.1. The van der Waals surface area contributed by atoms with Gasteiger partial charge in [-0.15, -0.1) is 0 Å². The number of ether oxygens (including phenoxy) is 1. The summed E-state index contributed by atoms with van der Waals surface area (Å²) in [5.74, 6) is 0.327. The molecule has 0 aliphatic heterocycles. The molecule has 0 aliphatic carbocycles. The summed E-state index contributed by atoms with van der Waals surface area (Å²) < 4.78 is 4.99. The topological polar surface area (TPSA) is 46.5 Å². The Morgan fingerprint density at radius 2 is 1.15 bits per heavy atom. The summed E-state index contributed by atoms with van der Waals surface area (Å²) in [6, 6.07) is 29.6. The molecule has 26 heavy (non-hydrogen) atoms. The van der Waals surface area contributed by atoms with Gasteiger partial charge in [0.1, 0.15) is 5.75 Å². The van der Waals surface area contributed by atoms with Gasteiger partial charge < -0.3 is 9.84 Å². The third-order valence-corrected chi connectivity index (χ3v) is 4.38. The summed E-state index contributed by atoms with van der Waals surface area (Å²) >= 11 is 0. The van der Waals surface area contributed by atoms with Crippen molar-refractivity contribution in [2.24, 2.45) is 0 Å². The van der Waals surface area contributed by atoms with Crippen molar-refractivity contribution >= 4 is 16.9 Å². The molecule has 3 nitrogen and oxygen atoms in total. The minimum absolute atomic E-state index is 0.327. The normalized spacial score (nSPS) is 10.6. The highest BCUT2D eigenvalue weighted by Crippen LogP contribution is 2.39. The van der Waals surface area contributed by atoms with Gasteiger partial charge in [0, 0.05) is 5.56 Å². The molecular formula is C23H16O3. The molecule has 4 rings (SSSR count). The van der Waals surface area contributed by atoms with Crippen molar-refractivity contribution in [3.63, 3.8) is 0 Å². The minimum atomic E-state index is -1.32. The Hall–Kier alpha value is -3.59. The summed E-state index contributed by atoms with van der Waals surface area (Å²) in [6.07, 6.45) is -1.32. The minimum Gasteiger partial charge on any atom is -0.449 e. The van der Waals surface area contributed by atoms with Gasteiger partial charge in [0.25, 0.3) is 0 Å². The molecule has 1 N–H and O–H groups in total. The summed E-state index contributed by atoms with van der Waals surface area (Å²) in [7, 11) is 0. The van der Waals surface area contributed by atoms with Gasteiger partial charge in [-0.2, -0.15) is 0 Å². The fraction of sp³-hybridized carbons (Fsp3) is 0. The highest BCUT2D eigenvalue weighted by Gasteiger charge is 2.14. The van der Waals surface area contributed by atoms with Gasteiger partial charge in [0.15, 0.2) is 0 Å². The van der Waals surface area contributed by atoms with Crippen LogP contribution in [0, 0.1) is 0 Å². The Labute approximate surface area is 151 Å². The van der Waals surface area contributed by atoms with Crippen molar-refractivity contribution in [3.8, 4) is 28.0 Å². The average Bonchev–Trinajstić information content (AvgIpc) is 2.68. The Kier molecular flexibility index (Phi) is 4.12. The van der Waals surface area contributed by atoms with Crippen LogP contribution in [0.25, 0.3) is 33.0 Å². The van der Waals surface area contributed by atoms with Gasteiger partial charge in [-0.05, 0) is 33.5 Å². The van der Waals surface area contributed by atoms with E-state index in [1.165, 1.54) is 0 Å². The zero-order chi connectivity index (χ0) is 17.9. The molecule has 0 bridgehead atoms. The van der Waals surface area contributed by atoms with Crippen LogP contribution in [0.15, 0.2) is 91.0 Å². The van der Waals surface area contributed by atoms with Crippen LogP contribution in [0.3, 0.4) is 0 Å². The van der Waals surface area contributed by atoms with Crippen molar-refractivity contribution < 1.29 is 14.6 Å². The van der Waals surface area contributed by atoms with Gasteiger partial charge in [-0.25, -0.2) is 4.79 Å². The van der Waals surface area contributed by atoms with E-state index in [0.29, 0.717) is 5.75 Å². The maximum atomic E-state index is 11.1. The zero-order valence-electron chi connectivity index (χ0n) is 13.9. The van der Waals surface area contributed by atoms with E-state index in [9.17, 15) is 4.79 Å². The van der Waals surface area contributed by atoms with E-state index >= 15 is 0 Å². The van der Waals surface area contributed by atoms with E-state index in [-0.39, 0.29) is 0 Å². The van der Waals surface area contributed by atoms with E-state index in [0.717, 1.165) is 33.0 Å². The standard InChI is InChI=1S/C23H16O3/c24-23(25)26-22-15-6-5-13-21(22)20-12-4-3-11-19(20)18-14-7-9-16-8-1-2-10-17(16)18/h1-15H,(H,24,25). The Morgan fingerprint density at radius 1 is 0.615 bits per heavy atom. The largest absolute Gasteiger partial charge is 0.511 e. The molecule has 0 aliphatic rings. The summed E-state index contributed by atoms with van der Waals surface area (Å²) in [5, 5.41) is 11.4. The first kappa shape index (κ1) is 15.9. The smallest absolute Gasteiger partial charge is 0.449 e. The second-order valence-electron chi connectivity index (χ2n) is 5.94. The number of fused-ring (bicyclic) bond motifs is 1. The van der Waals surface area contributed by atoms with Gasteiger partial charge in [0.2, 0.25) is 0 Å². The second kappa shape index (κ2) is 6.73. The Morgan fingerprint density at radius 3 is 1.92 bits per heavy atom. The van der Waals surface area contributed by atoms with Crippen molar-refractivity contribution in [1.82, 2.24) is 0 Å². The molecule has 3 heteroatoms. The first-order valence-electron chi connectivity index (χ1n) is 8.31. The van der Waals surface area contributed by atoms with Gasteiger partial charge in [-0.3, -0.25) is 0 Å². The summed E-state index contributed by atoms with van der Waals surface area (Å²) in [5.41, 5.74) is 3.81. The number of rotatable bonds is 3. The van der Waals surface area contributed by atoms with E-state index in [4.69, 9.17) is 9.84 Å². The number of carboxylic acid groups (broad SMARTS) is 1. The van der Waals surface area contributed by atoms with Crippen LogP contribution in [0.2, 0.25) is 0 Å². The first-order valence-corrected chi connectivity index (χ1v) is 8.31. The fourth-order valence-electron chi connectivity index (χ4n) is 3.29. The predicted molar refractivity (Wildman–Crippen MR) is 103 cm³/mol. The highest BCUT2D eigenvalue weighted by molar-refractivity contribution is 6.01. The molecule has 0 unspecified atom stereocenters. The molecule has 126 valence electrons. The molecular weight excluding hydrogens is 324 g/mol. The van der Waals surface area contributed by atoms with Crippen LogP contribution in [-0.2, 0) is 0 Å². The second-order valence-corrected chi connectivity index (χ2v) is 5.94. The number of carbonyl (C=O) groups is 1. The van der Waals surface area contributed by atoms with Gasteiger partial charge in [-0.1, -0.05) is 84.9 Å². The van der Waals surface area contributed by atoms with Gasteiger partial charge in [0.05, 0.1) is 0 Å².